The third kappa shape index (κ3) is 4.72. The van der Waals surface area contributed by atoms with Crippen molar-refractivity contribution in [2.75, 3.05) is 6.61 Å². The van der Waals surface area contributed by atoms with E-state index in [1.54, 1.807) is 0 Å². The van der Waals surface area contributed by atoms with E-state index >= 15 is 0 Å². The number of hydrogen-bond acceptors (Lipinski definition) is 2. The molecule has 0 aromatic heterocycles. The van der Waals surface area contributed by atoms with E-state index in [1.165, 1.54) is 0 Å². The minimum Gasteiger partial charge on any atom is -0.449 e. The van der Waals surface area contributed by atoms with E-state index in [2.05, 4.69) is 11.2 Å². The van der Waals surface area contributed by atoms with E-state index in [0.29, 0.717) is 13.0 Å². The summed E-state index contributed by atoms with van der Waals surface area (Å²) < 4.78 is 4.81. The molecule has 1 rings (SSSR count). The maximum Gasteiger partial charge on any atom is 0.407 e. The van der Waals surface area contributed by atoms with Crippen molar-refractivity contribution in [3.8, 4) is 12.3 Å². The summed E-state index contributed by atoms with van der Waals surface area (Å²) in [6.07, 6.45) is 5.03. The van der Waals surface area contributed by atoms with Crippen LogP contribution in [0.15, 0.2) is 30.3 Å². The number of carbonyl (C=O) groups is 1. The second-order valence-electron chi connectivity index (χ2n) is 2.93. The summed E-state index contributed by atoms with van der Waals surface area (Å²) >= 11 is 0. The van der Waals surface area contributed by atoms with Crippen LogP contribution < -0.4 is 5.32 Å². The summed E-state index contributed by atoms with van der Waals surface area (Å²) in [5.74, 6) is 2.39. The number of terminal acetylenes is 1. The number of ether oxygens (including phenoxy) is 1. The Morgan fingerprint density at radius 2 is 2.13 bits per heavy atom. The van der Waals surface area contributed by atoms with Gasteiger partial charge in [0.05, 0.1) is 0 Å². The number of rotatable bonds is 4. The second kappa shape index (κ2) is 6.50. The third-order valence-corrected chi connectivity index (χ3v) is 1.76. The minimum absolute atomic E-state index is 0.261. The molecule has 1 aromatic rings. The first kappa shape index (κ1) is 11.1. The quantitative estimate of drug-likeness (QED) is 0.600. The van der Waals surface area contributed by atoms with E-state index in [4.69, 9.17) is 11.2 Å². The van der Waals surface area contributed by atoms with Gasteiger partial charge >= 0.3 is 6.09 Å². The van der Waals surface area contributed by atoms with Gasteiger partial charge in [-0.3, -0.25) is 0 Å². The third-order valence-electron chi connectivity index (χ3n) is 1.76. The molecule has 3 heteroatoms. The highest BCUT2D eigenvalue weighted by Gasteiger charge is 1.99. The van der Waals surface area contributed by atoms with Gasteiger partial charge in [0.2, 0.25) is 0 Å². The predicted molar refractivity (Wildman–Crippen MR) is 58.1 cm³/mol. The second-order valence-corrected chi connectivity index (χ2v) is 2.93. The first-order valence-corrected chi connectivity index (χ1v) is 4.71. The van der Waals surface area contributed by atoms with Crippen LogP contribution in [0.4, 0.5) is 4.79 Å². The molecule has 0 heterocycles. The molecule has 0 aliphatic heterocycles. The van der Waals surface area contributed by atoms with Crippen LogP contribution in [0, 0.1) is 12.3 Å². The average Bonchev–Trinajstić information content (AvgIpc) is 2.28. The van der Waals surface area contributed by atoms with Gasteiger partial charge in [0.15, 0.2) is 0 Å². The molecular formula is C12H13NO2. The largest absolute Gasteiger partial charge is 0.449 e. The highest BCUT2D eigenvalue weighted by molar-refractivity contribution is 5.67. The maximum atomic E-state index is 11.1. The smallest absolute Gasteiger partial charge is 0.407 e. The predicted octanol–water partition coefficient (Wildman–Crippen LogP) is 1.94. The molecule has 0 saturated heterocycles. The monoisotopic (exact) mass is 203 g/mol. The van der Waals surface area contributed by atoms with Crippen LogP contribution in [0.3, 0.4) is 0 Å². The molecule has 3 nitrogen and oxygen atoms in total. The van der Waals surface area contributed by atoms with Crippen molar-refractivity contribution < 1.29 is 9.53 Å². The fourth-order valence-corrected chi connectivity index (χ4v) is 1.02. The number of carbonyl (C=O) groups excluding carboxylic acids is 1. The summed E-state index contributed by atoms with van der Waals surface area (Å²) in [6.45, 7) is 0.729. The lowest BCUT2D eigenvalue weighted by Crippen LogP contribution is -2.23. The van der Waals surface area contributed by atoms with Crippen LogP contribution in [-0.2, 0) is 11.3 Å². The molecule has 1 amide bonds. The Hall–Kier alpha value is -1.95. The molecular weight excluding hydrogens is 190 g/mol. The molecule has 0 atom stereocenters. The first-order chi connectivity index (χ1) is 7.33. The van der Waals surface area contributed by atoms with Crippen LogP contribution in [0.2, 0.25) is 0 Å². The van der Waals surface area contributed by atoms with Gasteiger partial charge in [-0.15, -0.1) is 12.3 Å². The molecule has 1 N–H and O–H groups in total. The molecule has 15 heavy (non-hydrogen) atoms. The molecule has 1 aromatic carbocycles. The maximum absolute atomic E-state index is 11.1. The van der Waals surface area contributed by atoms with Crippen molar-refractivity contribution in [3.05, 3.63) is 35.9 Å². The van der Waals surface area contributed by atoms with E-state index < -0.39 is 6.09 Å². The van der Waals surface area contributed by atoms with Gasteiger partial charge in [-0.1, -0.05) is 30.3 Å². The number of nitrogens with one attached hydrogen (secondary N) is 1. The van der Waals surface area contributed by atoms with Crippen LogP contribution in [0.5, 0.6) is 0 Å². The summed E-state index contributed by atoms with van der Waals surface area (Å²) in [7, 11) is 0. The van der Waals surface area contributed by atoms with Crippen molar-refractivity contribution in [1.82, 2.24) is 5.32 Å². The first-order valence-electron chi connectivity index (χ1n) is 4.71. The Morgan fingerprint density at radius 3 is 2.80 bits per heavy atom. The highest BCUT2D eigenvalue weighted by Crippen LogP contribution is 1.97. The summed E-state index contributed by atoms with van der Waals surface area (Å²) in [4.78, 5) is 11.1. The molecule has 0 spiro atoms. The number of amides is 1. The van der Waals surface area contributed by atoms with Crippen molar-refractivity contribution in [1.29, 1.82) is 0 Å². The Kier molecular flexibility index (Phi) is 4.82. The van der Waals surface area contributed by atoms with Gasteiger partial charge in [0.1, 0.15) is 6.61 Å². The molecule has 0 bridgehead atoms. The van der Waals surface area contributed by atoms with Crippen molar-refractivity contribution in [3.63, 3.8) is 0 Å². The zero-order valence-electron chi connectivity index (χ0n) is 8.40. The van der Waals surface area contributed by atoms with Crippen molar-refractivity contribution >= 4 is 6.09 Å². The number of alkyl carbamates (subject to hydrolysis) is 1. The van der Waals surface area contributed by atoms with Gasteiger partial charge in [-0.2, -0.15) is 0 Å². The zero-order valence-corrected chi connectivity index (χ0v) is 8.40. The molecule has 78 valence electrons. The van der Waals surface area contributed by atoms with E-state index in [-0.39, 0.29) is 6.61 Å². The standard InChI is InChI=1S/C12H13NO2/c1-2-3-9-15-12(14)13-10-11-7-5-4-6-8-11/h1,4-8H,3,9-10H2,(H,13,14). The lowest BCUT2D eigenvalue weighted by Gasteiger charge is -2.05. The van der Waals surface area contributed by atoms with E-state index in [1.807, 2.05) is 30.3 Å². The lowest BCUT2D eigenvalue weighted by atomic mass is 10.2. The molecule has 0 saturated carbocycles. The SMILES string of the molecule is C#CCCOC(=O)NCc1ccccc1. The van der Waals surface area contributed by atoms with Gasteiger partial charge in [0.25, 0.3) is 0 Å². The fraction of sp³-hybridized carbons (Fsp3) is 0.250. The van der Waals surface area contributed by atoms with Crippen LogP contribution in [-0.4, -0.2) is 12.7 Å². The van der Waals surface area contributed by atoms with Gasteiger partial charge in [0, 0.05) is 13.0 Å². The number of hydrogen-bond donors (Lipinski definition) is 1. The van der Waals surface area contributed by atoms with E-state index in [0.717, 1.165) is 5.56 Å². The average molecular weight is 203 g/mol. The summed E-state index contributed by atoms with van der Waals surface area (Å²) in [6, 6.07) is 9.62. The van der Waals surface area contributed by atoms with Gasteiger partial charge in [-0.05, 0) is 5.56 Å². The van der Waals surface area contributed by atoms with Crippen molar-refractivity contribution in [2.24, 2.45) is 0 Å². The summed E-state index contributed by atoms with van der Waals surface area (Å²) in [5.41, 5.74) is 1.03. The van der Waals surface area contributed by atoms with Crippen LogP contribution in [0.1, 0.15) is 12.0 Å². The molecule has 0 fully saturated rings. The topological polar surface area (TPSA) is 38.3 Å². The Morgan fingerprint density at radius 1 is 1.40 bits per heavy atom. The van der Waals surface area contributed by atoms with Gasteiger partial charge < -0.3 is 10.1 Å². The lowest BCUT2D eigenvalue weighted by molar-refractivity contribution is 0.148. The number of benzene rings is 1. The summed E-state index contributed by atoms with van der Waals surface area (Å²) in [5, 5.41) is 2.63. The highest BCUT2D eigenvalue weighted by atomic mass is 16.5. The minimum atomic E-state index is -0.436. The van der Waals surface area contributed by atoms with Crippen LogP contribution in [0.25, 0.3) is 0 Å². The zero-order chi connectivity index (χ0) is 10.9. The Labute approximate surface area is 89.4 Å². The molecule has 0 aliphatic carbocycles. The van der Waals surface area contributed by atoms with Crippen LogP contribution >= 0.6 is 0 Å². The fourth-order valence-electron chi connectivity index (χ4n) is 1.02. The van der Waals surface area contributed by atoms with E-state index in [9.17, 15) is 4.79 Å². The van der Waals surface area contributed by atoms with Crippen molar-refractivity contribution in [2.45, 2.75) is 13.0 Å². The molecule has 0 aliphatic rings. The Balaban J connectivity index is 2.20. The Bertz CT molecular complexity index is 340. The van der Waals surface area contributed by atoms with Gasteiger partial charge in [-0.25, -0.2) is 4.79 Å². The molecule has 0 radical (unpaired) electrons. The molecule has 0 unspecified atom stereocenters. The normalized spacial score (nSPS) is 9.00.